The Balaban J connectivity index is 1.67. The third-order valence-corrected chi connectivity index (χ3v) is 3.82. The summed E-state index contributed by atoms with van der Waals surface area (Å²) in [5, 5.41) is 12.3. The molecular formula is C14H26N2O3. The lowest BCUT2D eigenvalue weighted by Crippen LogP contribution is -2.56. The first-order valence-corrected chi connectivity index (χ1v) is 7.25. The van der Waals surface area contributed by atoms with Gasteiger partial charge >= 0.3 is 6.09 Å². The van der Waals surface area contributed by atoms with Gasteiger partial charge in [0.2, 0.25) is 0 Å². The van der Waals surface area contributed by atoms with Gasteiger partial charge in [-0.3, -0.25) is 4.90 Å². The van der Waals surface area contributed by atoms with Crippen LogP contribution in [0.25, 0.3) is 0 Å². The molecule has 5 nitrogen and oxygen atoms in total. The van der Waals surface area contributed by atoms with Gasteiger partial charge in [0.15, 0.2) is 0 Å². The maximum Gasteiger partial charge on any atom is 0.407 e. The van der Waals surface area contributed by atoms with Crippen molar-refractivity contribution < 1.29 is 14.6 Å². The molecule has 0 bridgehead atoms. The monoisotopic (exact) mass is 270 g/mol. The number of carbonyl (C=O) groups is 1. The van der Waals surface area contributed by atoms with Crippen molar-refractivity contribution in [1.29, 1.82) is 0 Å². The van der Waals surface area contributed by atoms with Crippen molar-refractivity contribution in [3.05, 3.63) is 0 Å². The molecule has 0 radical (unpaired) electrons. The van der Waals surface area contributed by atoms with Crippen molar-refractivity contribution in [2.75, 3.05) is 13.1 Å². The van der Waals surface area contributed by atoms with Crippen LogP contribution in [0.4, 0.5) is 4.79 Å². The van der Waals surface area contributed by atoms with Crippen LogP contribution in [0.15, 0.2) is 0 Å². The van der Waals surface area contributed by atoms with Gasteiger partial charge in [0, 0.05) is 25.2 Å². The van der Waals surface area contributed by atoms with Crippen molar-refractivity contribution in [2.24, 2.45) is 0 Å². The molecule has 5 heteroatoms. The van der Waals surface area contributed by atoms with E-state index in [9.17, 15) is 9.90 Å². The average molecular weight is 270 g/mol. The van der Waals surface area contributed by atoms with Crippen LogP contribution in [-0.2, 0) is 4.74 Å². The highest BCUT2D eigenvalue weighted by atomic mass is 16.6. The van der Waals surface area contributed by atoms with Gasteiger partial charge in [-0.1, -0.05) is 0 Å². The Kier molecular flexibility index (Phi) is 4.36. The molecule has 0 unspecified atom stereocenters. The fourth-order valence-electron chi connectivity index (χ4n) is 2.85. The van der Waals surface area contributed by atoms with E-state index in [-0.39, 0.29) is 18.2 Å². The third-order valence-electron chi connectivity index (χ3n) is 3.82. The SMILES string of the molecule is CC(C)(C)OC(=O)N[C@H]1CC[C@H](N2CC(O)C2)CC1. The number of alkyl carbamates (subject to hydrolysis) is 1. The van der Waals surface area contributed by atoms with E-state index in [1.165, 1.54) is 0 Å². The number of amides is 1. The largest absolute Gasteiger partial charge is 0.444 e. The highest BCUT2D eigenvalue weighted by Gasteiger charge is 2.33. The molecule has 1 aliphatic carbocycles. The molecule has 1 saturated carbocycles. The maximum absolute atomic E-state index is 11.7. The standard InChI is InChI=1S/C14H26N2O3/c1-14(2,3)19-13(18)15-10-4-6-11(7-5-10)16-8-12(17)9-16/h10-12,17H,4-9H2,1-3H3,(H,15,18)/t10-,11-. The number of nitrogens with one attached hydrogen (secondary N) is 1. The summed E-state index contributed by atoms with van der Waals surface area (Å²) >= 11 is 0. The lowest BCUT2D eigenvalue weighted by molar-refractivity contribution is -0.0351. The smallest absolute Gasteiger partial charge is 0.407 e. The topological polar surface area (TPSA) is 61.8 Å². The number of hydrogen-bond donors (Lipinski definition) is 2. The summed E-state index contributed by atoms with van der Waals surface area (Å²) in [5.74, 6) is 0. The van der Waals surface area contributed by atoms with E-state index in [4.69, 9.17) is 4.74 Å². The molecule has 1 aliphatic heterocycles. The van der Waals surface area contributed by atoms with E-state index < -0.39 is 5.60 Å². The maximum atomic E-state index is 11.7. The Morgan fingerprint density at radius 3 is 2.26 bits per heavy atom. The molecule has 2 N–H and O–H groups in total. The van der Waals surface area contributed by atoms with Crippen LogP contribution in [0.3, 0.4) is 0 Å². The molecule has 0 aromatic carbocycles. The van der Waals surface area contributed by atoms with Gasteiger partial charge < -0.3 is 15.2 Å². The van der Waals surface area contributed by atoms with Crippen molar-refractivity contribution in [2.45, 2.75) is 70.2 Å². The zero-order valence-electron chi connectivity index (χ0n) is 12.2. The number of hydrogen-bond acceptors (Lipinski definition) is 4. The summed E-state index contributed by atoms with van der Waals surface area (Å²) in [4.78, 5) is 14.0. The Labute approximate surface area is 115 Å². The van der Waals surface area contributed by atoms with Crippen LogP contribution in [0.5, 0.6) is 0 Å². The predicted octanol–water partition coefficient (Wildman–Crippen LogP) is 1.50. The summed E-state index contributed by atoms with van der Waals surface area (Å²) in [6.45, 7) is 7.25. The van der Waals surface area contributed by atoms with Crippen molar-refractivity contribution in [3.63, 3.8) is 0 Å². The molecule has 1 amide bonds. The van der Waals surface area contributed by atoms with Crippen LogP contribution in [0.2, 0.25) is 0 Å². The molecule has 0 aromatic rings. The first-order valence-electron chi connectivity index (χ1n) is 7.25. The number of ether oxygens (including phenoxy) is 1. The Bertz CT molecular complexity index is 313. The number of aliphatic hydroxyl groups excluding tert-OH is 1. The molecular weight excluding hydrogens is 244 g/mol. The van der Waals surface area contributed by atoms with Crippen LogP contribution >= 0.6 is 0 Å². The highest BCUT2D eigenvalue weighted by molar-refractivity contribution is 5.68. The number of aliphatic hydroxyl groups is 1. The Hall–Kier alpha value is -0.810. The second-order valence-electron chi connectivity index (χ2n) is 6.76. The lowest BCUT2D eigenvalue weighted by atomic mass is 9.88. The van der Waals surface area contributed by atoms with Gasteiger partial charge in [-0.15, -0.1) is 0 Å². The van der Waals surface area contributed by atoms with E-state index in [0.29, 0.717) is 6.04 Å². The molecule has 2 fully saturated rings. The molecule has 2 rings (SSSR count). The number of nitrogens with zero attached hydrogens (tertiary/aromatic N) is 1. The van der Waals surface area contributed by atoms with Crippen LogP contribution in [0.1, 0.15) is 46.5 Å². The number of β-amino-alcohol motifs (C(OH)–C–C–N with tert-alkyl or cyclic N) is 1. The number of likely N-dealkylation sites (tertiary alicyclic amines) is 1. The summed E-state index contributed by atoms with van der Waals surface area (Å²) in [6, 6.07) is 0.817. The Morgan fingerprint density at radius 2 is 1.79 bits per heavy atom. The first-order chi connectivity index (χ1) is 8.83. The summed E-state index contributed by atoms with van der Waals surface area (Å²) in [6.07, 6.45) is 3.74. The predicted molar refractivity (Wildman–Crippen MR) is 73.0 cm³/mol. The van der Waals surface area contributed by atoms with E-state index in [2.05, 4.69) is 10.2 Å². The van der Waals surface area contributed by atoms with Gasteiger partial charge in [-0.05, 0) is 46.5 Å². The average Bonchev–Trinajstić information content (AvgIpc) is 2.23. The quantitative estimate of drug-likeness (QED) is 0.798. The third kappa shape index (κ3) is 4.35. The fourth-order valence-corrected chi connectivity index (χ4v) is 2.85. The summed E-state index contributed by atoms with van der Waals surface area (Å²) < 4.78 is 5.27. The second kappa shape index (κ2) is 5.67. The van der Waals surface area contributed by atoms with E-state index in [1.807, 2.05) is 20.8 Å². The minimum absolute atomic E-state index is 0.127. The van der Waals surface area contributed by atoms with E-state index in [0.717, 1.165) is 38.8 Å². The minimum Gasteiger partial charge on any atom is -0.444 e. The summed E-state index contributed by atoms with van der Waals surface area (Å²) in [5.41, 5.74) is -0.435. The zero-order chi connectivity index (χ0) is 14.0. The molecule has 1 saturated heterocycles. The Morgan fingerprint density at radius 1 is 1.21 bits per heavy atom. The fraction of sp³-hybridized carbons (Fsp3) is 0.929. The van der Waals surface area contributed by atoms with Gasteiger partial charge in [0.1, 0.15) is 5.60 Å². The molecule has 0 spiro atoms. The normalized spacial score (nSPS) is 29.7. The van der Waals surface area contributed by atoms with Gasteiger partial charge in [0.25, 0.3) is 0 Å². The second-order valence-corrected chi connectivity index (χ2v) is 6.76. The molecule has 110 valence electrons. The number of carbonyl (C=O) groups excluding carboxylic acids is 1. The molecule has 0 aromatic heterocycles. The highest BCUT2D eigenvalue weighted by Crippen LogP contribution is 2.26. The molecule has 19 heavy (non-hydrogen) atoms. The van der Waals surface area contributed by atoms with Crippen molar-refractivity contribution in [1.82, 2.24) is 10.2 Å². The van der Waals surface area contributed by atoms with Crippen LogP contribution in [-0.4, -0.2) is 53.0 Å². The van der Waals surface area contributed by atoms with E-state index >= 15 is 0 Å². The molecule has 0 atom stereocenters. The first kappa shape index (κ1) is 14.6. The zero-order valence-corrected chi connectivity index (χ0v) is 12.2. The van der Waals surface area contributed by atoms with Crippen molar-refractivity contribution >= 4 is 6.09 Å². The van der Waals surface area contributed by atoms with Gasteiger partial charge in [-0.25, -0.2) is 4.79 Å². The molecule has 2 aliphatic rings. The van der Waals surface area contributed by atoms with E-state index in [1.54, 1.807) is 0 Å². The lowest BCUT2D eigenvalue weighted by Gasteiger charge is -2.44. The number of rotatable bonds is 2. The minimum atomic E-state index is -0.435. The van der Waals surface area contributed by atoms with Gasteiger partial charge in [-0.2, -0.15) is 0 Å². The van der Waals surface area contributed by atoms with Crippen LogP contribution in [0, 0.1) is 0 Å². The molecule has 1 heterocycles. The van der Waals surface area contributed by atoms with Crippen LogP contribution < -0.4 is 5.32 Å². The van der Waals surface area contributed by atoms with Gasteiger partial charge in [0.05, 0.1) is 6.10 Å². The van der Waals surface area contributed by atoms with Crippen molar-refractivity contribution in [3.8, 4) is 0 Å². The summed E-state index contributed by atoms with van der Waals surface area (Å²) in [7, 11) is 0.